The summed E-state index contributed by atoms with van der Waals surface area (Å²) in [4.78, 5) is 10.8. The molecule has 2 rings (SSSR count). The maximum Gasteiger partial charge on any atom is 0.401 e. The van der Waals surface area contributed by atoms with E-state index in [9.17, 15) is 13.2 Å². The van der Waals surface area contributed by atoms with Crippen molar-refractivity contribution in [3.63, 3.8) is 0 Å². The zero-order valence-corrected chi connectivity index (χ0v) is 12.7. The lowest BCUT2D eigenvalue weighted by Crippen LogP contribution is -2.34. The lowest BCUT2D eigenvalue weighted by Gasteiger charge is -2.22. The van der Waals surface area contributed by atoms with Crippen molar-refractivity contribution in [2.45, 2.75) is 26.1 Å². The highest BCUT2D eigenvalue weighted by Gasteiger charge is 2.30. The van der Waals surface area contributed by atoms with E-state index in [4.69, 9.17) is 0 Å². The normalized spacial score (nSPS) is 12.3. The SMILES string of the molecule is CCCN(Cc1nc(NC)c2ccsc2n1)CC(F)(F)F. The van der Waals surface area contributed by atoms with Crippen molar-refractivity contribution in [3.8, 4) is 0 Å². The van der Waals surface area contributed by atoms with E-state index in [1.54, 1.807) is 7.05 Å². The fourth-order valence-corrected chi connectivity index (χ4v) is 2.93. The van der Waals surface area contributed by atoms with Crippen LogP contribution >= 0.6 is 11.3 Å². The average molecular weight is 318 g/mol. The lowest BCUT2D eigenvalue weighted by atomic mass is 10.3. The number of nitrogens with zero attached hydrogens (tertiary/aromatic N) is 3. The van der Waals surface area contributed by atoms with E-state index in [1.165, 1.54) is 16.2 Å². The second kappa shape index (κ2) is 6.57. The summed E-state index contributed by atoms with van der Waals surface area (Å²) in [5.41, 5.74) is 0. The molecule has 8 heteroatoms. The van der Waals surface area contributed by atoms with Crippen LogP contribution in [-0.4, -0.2) is 41.2 Å². The number of anilines is 1. The third-order valence-corrected chi connectivity index (χ3v) is 3.72. The Kier molecular flexibility index (Phi) is 5.00. The van der Waals surface area contributed by atoms with Crippen LogP contribution in [0.3, 0.4) is 0 Å². The highest BCUT2D eigenvalue weighted by molar-refractivity contribution is 7.16. The molecule has 0 atom stereocenters. The van der Waals surface area contributed by atoms with Gasteiger partial charge in [0.25, 0.3) is 0 Å². The average Bonchev–Trinajstić information content (AvgIpc) is 2.84. The summed E-state index contributed by atoms with van der Waals surface area (Å²) in [6.45, 7) is 1.36. The van der Waals surface area contributed by atoms with E-state index < -0.39 is 12.7 Å². The minimum atomic E-state index is -4.21. The molecule has 0 bridgehead atoms. The van der Waals surface area contributed by atoms with Crippen LogP contribution in [0, 0.1) is 0 Å². The quantitative estimate of drug-likeness (QED) is 0.885. The van der Waals surface area contributed by atoms with E-state index in [0.29, 0.717) is 24.6 Å². The fourth-order valence-electron chi connectivity index (χ4n) is 2.14. The topological polar surface area (TPSA) is 41.1 Å². The van der Waals surface area contributed by atoms with Crippen LogP contribution in [0.15, 0.2) is 11.4 Å². The first-order valence-electron chi connectivity index (χ1n) is 6.64. The Morgan fingerprint density at radius 3 is 2.71 bits per heavy atom. The minimum Gasteiger partial charge on any atom is -0.372 e. The van der Waals surface area contributed by atoms with Gasteiger partial charge in [-0.2, -0.15) is 13.2 Å². The number of fused-ring (bicyclic) bond motifs is 1. The second-order valence-electron chi connectivity index (χ2n) is 4.70. The molecule has 116 valence electrons. The first-order chi connectivity index (χ1) is 9.93. The van der Waals surface area contributed by atoms with Crippen LogP contribution in [0.25, 0.3) is 10.2 Å². The largest absolute Gasteiger partial charge is 0.401 e. The monoisotopic (exact) mass is 318 g/mol. The zero-order valence-electron chi connectivity index (χ0n) is 11.9. The van der Waals surface area contributed by atoms with Crippen LogP contribution in [0.4, 0.5) is 19.0 Å². The van der Waals surface area contributed by atoms with Gasteiger partial charge in [-0.15, -0.1) is 11.3 Å². The molecule has 4 nitrogen and oxygen atoms in total. The summed E-state index contributed by atoms with van der Waals surface area (Å²) in [6.07, 6.45) is -3.57. The molecule has 0 fully saturated rings. The number of thiophene rings is 1. The summed E-state index contributed by atoms with van der Waals surface area (Å²) in [5.74, 6) is 1.06. The summed E-state index contributed by atoms with van der Waals surface area (Å²) in [5, 5.41) is 5.75. The van der Waals surface area contributed by atoms with Crippen molar-refractivity contribution in [3.05, 3.63) is 17.3 Å². The molecule has 0 spiro atoms. The molecule has 21 heavy (non-hydrogen) atoms. The van der Waals surface area contributed by atoms with Crippen molar-refractivity contribution in [1.29, 1.82) is 0 Å². The van der Waals surface area contributed by atoms with Crippen LogP contribution in [-0.2, 0) is 6.54 Å². The van der Waals surface area contributed by atoms with Gasteiger partial charge < -0.3 is 5.32 Å². The number of rotatable bonds is 6. The number of aromatic nitrogens is 2. The van der Waals surface area contributed by atoms with Gasteiger partial charge in [-0.3, -0.25) is 4.90 Å². The molecule has 0 amide bonds. The molecular formula is C13H17F3N4S. The molecule has 2 heterocycles. The molecular weight excluding hydrogens is 301 g/mol. The van der Waals surface area contributed by atoms with Gasteiger partial charge in [0.1, 0.15) is 16.5 Å². The molecule has 0 aromatic carbocycles. The molecule has 0 radical (unpaired) electrons. The summed E-state index contributed by atoms with van der Waals surface area (Å²) in [7, 11) is 1.74. The molecule has 0 saturated carbocycles. The Morgan fingerprint density at radius 2 is 2.10 bits per heavy atom. The van der Waals surface area contributed by atoms with Gasteiger partial charge in [0.15, 0.2) is 0 Å². The Hall–Kier alpha value is -1.41. The van der Waals surface area contributed by atoms with Gasteiger partial charge in [0, 0.05) is 7.05 Å². The zero-order chi connectivity index (χ0) is 15.5. The van der Waals surface area contributed by atoms with Crippen LogP contribution < -0.4 is 5.32 Å². The maximum atomic E-state index is 12.6. The van der Waals surface area contributed by atoms with Gasteiger partial charge in [0.2, 0.25) is 0 Å². The lowest BCUT2D eigenvalue weighted by molar-refractivity contribution is -0.147. The summed E-state index contributed by atoms with van der Waals surface area (Å²) in [6, 6.07) is 1.90. The Labute approximate surface area is 125 Å². The molecule has 0 aliphatic carbocycles. The highest BCUT2D eigenvalue weighted by Crippen LogP contribution is 2.25. The number of hydrogen-bond acceptors (Lipinski definition) is 5. The third-order valence-electron chi connectivity index (χ3n) is 2.92. The predicted molar refractivity (Wildman–Crippen MR) is 78.6 cm³/mol. The first-order valence-corrected chi connectivity index (χ1v) is 7.52. The van der Waals surface area contributed by atoms with Crippen molar-refractivity contribution >= 4 is 27.4 Å². The molecule has 1 N–H and O–H groups in total. The fraction of sp³-hybridized carbons (Fsp3) is 0.538. The van der Waals surface area contributed by atoms with Crippen molar-refractivity contribution in [1.82, 2.24) is 14.9 Å². The smallest absolute Gasteiger partial charge is 0.372 e. The van der Waals surface area contributed by atoms with E-state index in [-0.39, 0.29) is 6.54 Å². The molecule has 0 saturated heterocycles. The van der Waals surface area contributed by atoms with Gasteiger partial charge in [0.05, 0.1) is 18.5 Å². The Balaban J connectivity index is 2.23. The minimum absolute atomic E-state index is 0.0931. The highest BCUT2D eigenvalue weighted by atomic mass is 32.1. The second-order valence-corrected chi connectivity index (χ2v) is 5.60. The van der Waals surface area contributed by atoms with Crippen LogP contribution in [0.5, 0.6) is 0 Å². The molecule has 0 unspecified atom stereocenters. The molecule has 0 aliphatic heterocycles. The summed E-state index contributed by atoms with van der Waals surface area (Å²) >= 11 is 1.45. The number of halogens is 3. The third kappa shape index (κ3) is 4.28. The molecule has 2 aromatic rings. The number of nitrogens with one attached hydrogen (secondary N) is 1. The van der Waals surface area contributed by atoms with Crippen molar-refractivity contribution < 1.29 is 13.2 Å². The van der Waals surface area contributed by atoms with E-state index in [0.717, 1.165) is 10.2 Å². The van der Waals surface area contributed by atoms with Crippen LogP contribution in [0.1, 0.15) is 19.2 Å². The molecule has 0 aliphatic rings. The van der Waals surface area contributed by atoms with E-state index in [2.05, 4.69) is 15.3 Å². The standard InChI is InChI=1S/C13H17F3N4S/c1-3-5-20(8-13(14,15)16)7-10-18-11(17-2)9-4-6-21-12(9)19-10/h4,6H,3,5,7-8H2,1-2H3,(H,17,18,19). The number of hydrogen-bond donors (Lipinski definition) is 1. The van der Waals surface area contributed by atoms with Crippen molar-refractivity contribution in [2.75, 3.05) is 25.5 Å². The molecule has 2 aromatic heterocycles. The summed E-state index contributed by atoms with van der Waals surface area (Å²) < 4.78 is 37.8. The Bertz CT molecular complexity index is 597. The number of alkyl halides is 3. The Morgan fingerprint density at radius 1 is 1.33 bits per heavy atom. The van der Waals surface area contributed by atoms with E-state index >= 15 is 0 Å². The van der Waals surface area contributed by atoms with E-state index in [1.807, 2.05) is 18.4 Å². The van der Waals surface area contributed by atoms with Gasteiger partial charge >= 0.3 is 6.18 Å². The van der Waals surface area contributed by atoms with Gasteiger partial charge in [-0.05, 0) is 24.4 Å². The van der Waals surface area contributed by atoms with Crippen LogP contribution in [0.2, 0.25) is 0 Å². The first kappa shape index (κ1) is 16.0. The van der Waals surface area contributed by atoms with Gasteiger partial charge in [-0.25, -0.2) is 9.97 Å². The van der Waals surface area contributed by atoms with Crippen molar-refractivity contribution in [2.24, 2.45) is 0 Å². The predicted octanol–water partition coefficient (Wildman–Crippen LogP) is 3.51. The van der Waals surface area contributed by atoms with Gasteiger partial charge in [-0.1, -0.05) is 6.92 Å². The maximum absolute atomic E-state index is 12.6.